The third-order valence-electron chi connectivity index (χ3n) is 3.08. The van der Waals surface area contributed by atoms with Gasteiger partial charge >= 0.3 is 0 Å². The second-order valence-electron chi connectivity index (χ2n) is 4.27. The number of hydrogen-bond donors (Lipinski definition) is 1. The number of hydrogen-bond acceptors (Lipinski definition) is 3. The largest absolute Gasteiger partial charge is 0.497 e. The van der Waals surface area contributed by atoms with Crippen molar-refractivity contribution in [1.29, 1.82) is 0 Å². The SMILES string of the molecule is CC[C@@H](C)[C@@H](CO)SCc1ccc(OC)cc1. The van der Waals surface area contributed by atoms with Gasteiger partial charge in [-0.2, -0.15) is 11.8 Å². The summed E-state index contributed by atoms with van der Waals surface area (Å²) in [5.74, 6) is 2.39. The smallest absolute Gasteiger partial charge is 0.118 e. The van der Waals surface area contributed by atoms with Crippen LogP contribution in [-0.2, 0) is 5.75 Å². The van der Waals surface area contributed by atoms with Gasteiger partial charge in [0.25, 0.3) is 0 Å². The maximum absolute atomic E-state index is 9.35. The first kappa shape index (κ1) is 14.4. The number of methoxy groups -OCH3 is 1. The average Bonchev–Trinajstić information content (AvgIpc) is 2.39. The summed E-state index contributed by atoms with van der Waals surface area (Å²) in [4.78, 5) is 0. The molecule has 0 saturated heterocycles. The van der Waals surface area contributed by atoms with E-state index in [1.165, 1.54) is 5.56 Å². The van der Waals surface area contributed by atoms with E-state index in [4.69, 9.17) is 4.74 Å². The first-order valence-corrected chi connectivity index (χ1v) is 7.11. The van der Waals surface area contributed by atoms with Crippen LogP contribution in [0.2, 0.25) is 0 Å². The Morgan fingerprint density at radius 3 is 2.41 bits per heavy atom. The molecule has 1 N–H and O–H groups in total. The molecule has 96 valence electrons. The van der Waals surface area contributed by atoms with E-state index in [9.17, 15) is 5.11 Å². The van der Waals surface area contributed by atoms with Gasteiger partial charge in [0.15, 0.2) is 0 Å². The van der Waals surface area contributed by atoms with Crippen LogP contribution >= 0.6 is 11.8 Å². The van der Waals surface area contributed by atoms with Gasteiger partial charge < -0.3 is 9.84 Å². The zero-order valence-electron chi connectivity index (χ0n) is 10.8. The van der Waals surface area contributed by atoms with Crippen LogP contribution in [0.25, 0.3) is 0 Å². The lowest BCUT2D eigenvalue weighted by atomic mass is 10.1. The standard InChI is InChI=1S/C14H22O2S/c1-4-11(2)14(9-15)17-10-12-5-7-13(16-3)8-6-12/h5-8,11,14-15H,4,9-10H2,1-3H3/t11-,14-/m1/s1. The molecular formula is C14H22O2S. The van der Waals surface area contributed by atoms with E-state index >= 15 is 0 Å². The first-order valence-electron chi connectivity index (χ1n) is 6.06. The summed E-state index contributed by atoms with van der Waals surface area (Å²) in [6.45, 7) is 4.62. The minimum atomic E-state index is 0.260. The maximum Gasteiger partial charge on any atom is 0.118 e. The Morgan fingerprint density at radius 2 is 1.94 bits per heavy atom. The Balaban J connectivity index is 2.47. The zero-order valence-corrected chi connectivity index (χ0v) is 11.7. The molecule has 0 amide bonds. The van der Waals surface area contributed by atoms with Gasteiger partial charge in [-0.05, 0) is 23.6 Å². The van der Waals surface area contributed by atoms with Gasteiger partial charge in [0.05, 0.1) is 13.7 Å². The molecule has 0 bridgehead atoms. The molecule has 0 spiro atoms. The Bertz CT molecular complexity index is 311. The Morgan fingerprint density at radius 1 is 1.29 bits per heavy atom. The predicted octanol–water partition coefficient (Wildman–Crippen LogP) is 3.34. The highest BCUT2D eigenvalue weighted by molar-refractivity contribution is 7.99. The van der Waals surface area contributed by atoms with Crippen molar-refractivity contribution in [3.63, 3.8) is 0 Å². The molecule has 0 aromatic heterocycles. The number of aliphatic hydroxyl groups excluding tert-OH is 1. The van der Waals surface area contributed by atoms with E-state index in [1.54, 1.807) is 7.11 Å². The van der Waals surface area contributed by atoms with Gasteiger partial charge in [-0.3, -0.25) is 0 Å². The van der Waals surface area contributed by atoms with Gasteiger partial charge in [0.1, 0.15) is 5.75 Å². The molecule has 0 unspecified atom stereocenters. The topological polar surface area (TPSA) is 29.5 Å². The molecule has 0 fully saturated rings. The van der Waals surface area contributed by atoms with Crippen LogP contribution in [-0.4, -0.2) is 24.1 Å². The molecular weight excluding hydrogens is 232 g/mol. The minimum Gasteiger partial charge on any atom is -0.497 e. The molecule has 0 aliphatic rings. The average molecular weight is 254 g/mol. The lowest BCUT2D eigenvalue weighted by molar-refractivity contribution is 0.268. The van der Waals surface area contributed by atoms with E-state index in [0.29, 0.717) is 11.2 Å². The molecule has 2 atom stereocenters. The second-order valence-corrected chi connectivity index (χ2v) is 5.49. The van der Waals surface area contributed by atoms with Gasteiger partial charge in [0, 0.05) is 11.0 Å². The third kappa shape index (κ3) is 4.60. The molecule has 1 rings (SSSR count). The molecule has 0 radical (unpaired) electrons. The summed E-state index contributed by atoms with van der Waals surface area (Å²) in [7, 11) is 1.68. The van der Waals surface area contributed by atoms with Gasteiger partial charge in [-0.15, -0.1) is 0 Å². The van der Waals surface area contributed by atoms with Crippen LogP contribution in [0.5, 0.6) is 5.75 Å². The van der Waals surface area contributed by atoms with Crippen molar-refractivity contribution < 1.29 is 9.84 Å². The fourth-order valence-corrected chi connectivity index (χ4v) is 2.81. The molecule has 0 heterocycles. The number of thioether (sulfide) groups is 1. The normalized spacial score (nSPS) is 14.4. The van der Waals surface area contributed by atoms with E-state index in [2.05, 4.69) is 26.0 Å². The quantitative estimate of drug-likeness (QED) is 0.809. The molecule has 0 aliphatic heterocycles. The van der Waals surface area contributed by atoms with Crippen LogP contribution in [0.3, 0.4) is 0 Å². The van der Waals surface area contributed by atoms with Crippen molar-refractivity contribution in [2.45, 2.75) is 31.3 Å². The van der Waals surface area contributed by atoms with Crippen LogP contribution in [0.1, 0.15) is 25.8 Å². The highest BCUT2D eigenvalue weighted by atomic mass is 32.2. The first-order chi connectivity index (χ1) is 8.21. The predicted molar refractivity (Wildman–Crippen MR) is 74.6 cm³/mol. The molecule has 1 aromatic rings. The highest BCUT2D eigenvalue weighted by Crippen LogP contribution is 2.26. The van der Waals surface area contributed by atoms with Crippen LogP contribution in [0.15, 0.2) is 24.3 Å². The summed E-state index contributed by atoms with van der Waals surface area (Å²) >= 11 is 1.83. The number of benzene rings is 1. The summed E-state index contributed by atoms with van der Waals surface area (Å²) in [6.07, 6.45) is 1.11. The van der Waals surface area contributed by atoms with Crippen molar-refractivity contribution in [2.75, 3.05) is 13.7 Å². The van der Waals surface area contributed by atoms with E-state index in [1.807, 2.05) is 23.9 Å². The molecule has 17 heavy (non-hydrogen) atoms. The van der Waals surface area contributed by atoms with Crippen molar-refractivity contribution in [1.82, 2.24) is 0 Å². The number of ether oxygens (including phenoxy) is 1. The monoisotopic (exact) mass is 254 g/mol. The number of aliphatic hydroxyl groups is 1. The summed E-state index contributed by atoms with van der Waals surface area (Å²) < 4.78 is 5.12. The summed E-state index contributed by atoms with van der Waals surface area (Å²) in [6, 6.07) is 8.12. The minimum absolute atomic E-state index is 0.260. The van der Waals surface area contributed by atoms with Crippen molar-refractivity contribution in [3.8, 4) is 5.75 Å². The Hall–Kier alpha value is -0.670. The number of rotatable bonds is 7. The summed E-state index contributed by atoms with van der Waals surface area (Å²) in [5, 5.41) is 9.68. The lowest BCUT2D eigenvalue weighted by Gasteiger charge is -2.20. The molecule has 0 saturated carbocycles. The highest BCUT2D eigenvalue weighted by Gasteiger charge is 2.15. The van der Waals surface area contributed by atoms with Crippen LogP contribution in [0.4, 0.5) is 0 Å². The fraction of sp³-hybridized carbons (Fsp3) is 0.571. The van der Waals surface area contributed by atoms with E-state index < -0.39 is 0 Å². The molecule has 1 aromatic carbocycles. The lowest BCUT2D eigenvalue weighted by Crippen LogP contribution is -2.18. The molecule has 2 nitrogen and oxygen atoms in total. The Kier molecular flexibility index (Phi) is 6.45. The fourth-order valence-electron chi connectivity index (χ4n) is 1.58. The van der Waals surface area contributed by atoms with E-state index in [0.717, 1.165) is 17.9 Å². The molecule has 3 heteroatoms. The van der Waals surface area contributed by atoms with Gasteiger partial charge in [-0.25, -0.2) is 0 Å². The summed E-state index contributed by atoms with van der Waals surface area (Å²) in [5.41, 5.74) is 1.28. The second kappa shape index (κ2) is 7.62. The van der Waals surface area contributed by atoms with Crippen molar-refractivity contribution >= 4 is 11.8 Å². The third-order valence-corrected chi connectivity index (χ3v) is 4.62. The van der Waals surface area contributed by atoms with Crippen molar-refractivity contribution in [2.24, 2.45) is 5.92 Å². The molecule has 0 aliphatic carbocycles. The Labute approximate surface area is 108 Å². The van der Waals surface area contributed by atoms with Gasteiger partial charge in [0.2, 0.25) is 0 Å². The van der Waals surface area contributed by atoms with Gasteiger partial charge in [-0.1, -0.05) is 32.4 Å². The maximum atomic E-state index is 9.35. The van der Waals surface area contributed by atoms with Crippen molar-refractivity contribution in [3.05, 3.63) is 29.8 Å². The van der Waals surface area contributed by atoms with Crippen LogP contribution < -0.4 is 4.74 Å². The zero-order chi connectivity index (χ0) is 12.7. The van der Waals surface area contributed by atoms with Crippen LogP contribution in [0, 0.1) is 5.92 Å². The van der Waals surface area contributed by atoms with E-state index in [-0.39, 0.29) is 6.61 Å².